The Hall–Kier alpha value is -0.350. The Morgan fingerprint density at radius 1 is 1.20 bits per heavy atom. The minimum absolute atomic E-state index is 0.311. The van der Waals surface area contributed by atoms with E-state index in [-0.39, 0.29) is 0 Å². The molecule has 0 aliphatic heterocycles. The third-order valence-corrected chi connectivity index (χ3v) is 7.29. The lowest BCUT2D eigenvalue weighted by atomic mass is 9.51. The molecule has 1 aromatic rings. The molecular formula is C16H20BrNOS. The zero-order valence-electron chi connectivity index (χ0n) is 11.5. The Bertz CT molecular complexity index is 498. The van der Waals surface area contributed by atoms with Gasteiger partial charge in [0.1, 0.15) is 0 Å². The Labute approximate surface area is 132 Å². The Morgan fingerprint density at radius 3 is 2.40 bits per heavy atom. The molecule has 4 saturated carbocycles. The second-order valence-corrected chi connectivity index (χ2v) is 8.82. The van der Waals surface area contributed by atoms with Gasteiger partial charge in [-0.1, -0.05) is 0 Å². The van der Waals surface area contributed by atoms with Gasteiger partial charge in [0.05, 0.1) is 6.54 Å². The van der Waals surface area contributed by atoms with Crippen molar-refractivity contribution >= 4 is 33.2 Å². The largest absolute Gasteiger partial charge is 0.351 e. The molecule has 5 rings (SSSR count). The first-order valence-electron chi connectivity index (χ1n) is 7.69. The van der Waals surface area contributed by atoms with Crippen LogP contribution >= 0.6 is 27.3 Å². The van der Waals surface area contributed by atoms with Gasteiger partial charge >= 0.3 is 0 Å². The van der Waals surface area contributed by atoms with Crippen molar-refractivity contribution < 1.29 is 4.79 Å². The van der Waals surface area contributed by atoms with Crippen LogP contribution in [0.25, 0.3) is 0 Å². The fourth-order valence-corrected chi connectivity index (χ4v) is 6.48. The van der Waals surface area contributed by atoms with Gasteiger partial charge in [-0.3, -0.25) is 4.79 Å². The van der Waals surface area contributed by atoms with E-state index in [1.54, 1.807) is 11.3 Å². The quantitative estimate of drug-likeness (QED) is 0.866. The van der Waals surface area contributed by atoms with Crippen LogP contribution in [-0.2, 0) is 11.3 Å². The number of hydrogen-bond donors (Lipinski definition) is 1. The topological polar surface area (TPSA) is 29.1 Å². The van der Waals surface area contributed by atoms with Crippen LogP contribution in [0.15, 0.2) is 15.9 Å². The van der Waals surface area contributed by atoms with Gasteiger partial charge in [-0.2, -0.15) is 0 Å². The number of nitrogens with one attached hydrogen (secondary N) is 1. The average molecular weight is 354 g/mol. The van der Waals surface area contributed by atoms with E-state index >= 15 is 0 Å². The average Bonchev–Trinajstić information content (AvgIpc) is 2.81. The van der Waals surface area contributed by atoms with Crippen LogP contribution in [-0.4, -0.2) is 5.91 Å². The highest BCUT2D eigenvalue weighted by Gasteiger charge is 2.50. The smallest absolute Gasteiger partial charge is 0.223 e. The molecule has 0 aromatic carbocycles. The van der Waals surface area contributed by atoms with Crippen LogP contribution < -0.4 is 5.32 Å². The van der Waals surface area contributed by atoms with Crippen molar-refractivity contribution in [3.8, 4) is 0 Å². The third-order valence-electron chi connectivity index (χ3n) is 5.59. The lowest BCUT2D eigenvalue weighted by Crippen LogP contribution is -2.50. The number of carbonyl (C=O) groups is 1. The standard InChI is InChI=1S/C16H20BrNOS/c17-13-6-14(20-8-13)7-18-16(19)15-11-2-9-1-10(4-11)5-12(15)3-9/h6,8-12,15H,1-5,7H2,(H,18,19). The Kier molecular flexibility index (Phi) is 3.42. The molecule has 108 valence electrons. The molecule has 0 unspecified atom stereocenters. The first-order chi connectivity index (χ1) is 9.69. The molecule has 4 bridgehead atoms. The van der Waals surface area contributed by atoms with Gasteiger partial charge in [0.15, 0.2) is 0 Å². The molecule has 4 heteroatoms. The van der Waals surface area contributed by atoms with E-state index in [9.17, 15) is 4.79 Å². The molecule has 0 radical (unpaired) electrons. The summed E-state index contributed by atoms with van der Waals surface area (Å²) in [4.78, 5) is 13.8. The van der Waals surface area contributed by atoms with Gasteiger partial charge in [0, 0.05) is 20.6 Å². The number of carbonyl (C=O) groups excluding carboxylic acids is 1. The van der Waals surface area contributed by atoms with Crippen LogP contribution in [0.2, 0.25) is 0 Å². The number of halogens is 1. The highest BCUT2D eigenvalue weighted by atomic mass is 79.9. The molecule has 1 amide bonds. The molecule has 0 saturated heterocycles. The second-order valence-electron chi connectivity index (χ2n) is 6.91. The molecule has 20 heavy (non-hydrogen) atoms. The molecule has 2 nitrogen and oxygen atoms in total. The van der Waals surface area contributed by atoms with Gasteiger partial charge in [-0.05, 0) is 77.8 Å². The number of rotatable bonds is 3. The summed E-state index contributed by atoms with van der Waals surface area (Å²) in [6.45, 7) is 0.692. The summed E-state index contributed by atoms with van der Waals surface area (Å²) in [6.07, 6.45) is 6.71. The molecule has 4 aliphatic rings. The van der Waals surface area contributed by atoms with E-state index in [2.05, 4.69) is 32.7 Å². The first-order valence-corrected chi connectivity index (χ1v) is 9.37. The van der Waals surface area contributed by atoms with Crippen LogP contribution in [0.5, 0.6) is 0 Å². The maximum atomic E-state index is 12.6. The predicted octanol–water partition coefficient (Wildman–Crippen LogP) is 4.20. The van der Waals surface area contributed by atoms with E-state index in [0.29, 0.717) is 30.2 Å². The van der Waals surface area contributed by atoms with Crippen molar-refractivity contribution in [3.63, 3.8) is 0 Å². The summed E-state index contributed by atoms with van der Waals surface area (Å²) in [6, 6.07) is 2.10. The van der Waals surface area contributed by atoms with Crippen molar-refractivity contribution in [1.82, 2.24) is 5.32 Å². The summed E-state index contributed by atoms with van der Waals surface area (Å²) in [7, 11) is 0. The Balaban J connectivity index is 1.41. The number of amides is 1. The van der Waals surface area contributed by atoms with Gasteiger partial charge in [-0.15, -0.1) is 11.3 Å². The van der Waals surface area contributed by atoms with Crippen molar-refractivity contribution in [2.75, 3.05) is 0 Å². The molecule has 1 heterocycles. The summed E-state index contributed by atoms with van der Waals surface area (Å²) < 4.78 is 1.11. The third kappa shape index (κ3) is 2.35. The van der Waals surface area contributed by atoms with Crippen LogP contribution in [0.3, 0.4) is 0 Å². The predicted molar refractivity (Wildman–Crippen MR) is 84.4 cm³/mol. The highest BCUT2D eigenvalue weighted by molar-refractivity contribution is 9.10. The molecule has 0 atom stereocenters. The minimum atomic E-state index is 0.311. The van der Waals surface area contributed by atoms with Crippen molar-refractivity contribution in [1.29, 1.82) is 0 Å². The zero-order chi connectivity index (χ0) is 13.7. The molecule has 1 aromatic heterocycles. The summed E-state index contributed by atoms with van der Waals surface area (Å²) >= 11 is 5.17. The maximum absolute atomic E-state index is 12.6. The minimum Gasteiger partial charge on any atom is -0.351 e. The van der Waals surface area contributed by atoms with Gasteiger partial charge < -0.3 is 5.32 Å². The van der Waals surface area contributed by atoms with Gasteiger partial charge in [-0.25, -0.2) is 0 Å². The lowest BCUT2D eigenvalue weighted by molar-refractivity contribution is -0.138. The normalized spacial score (nSPS) is 38.1. The molecular weight excluding hydrogens is 334 g/mol. The summed E-state index contributed by atoms with van der Waals surface area (Å²) in [5.41, 5.74) is 0. The van der Waals surface area contributed by atoms with Gasteiger partial charge in [0.25, 0.3) is 0 Å². The van der Waals surface area contributed by atoms with E-state index < -0.39 is 0 Å². The van der Waals surface area contributed by atoms with E-state index in [1.165, 1.54) is 37.0 Å². The van der Waals surface area contributed by atoms with Gasteiger partial charge in [0.2, 0.25) is 5.91 Å². The van der Waals surface area contributed by atoms with Crippen LogP contribution in [0.1, 0.15) is 37.0 Å². The van der Waals surface area contributed by atoms with Crippen molar-refractivity contribution in [2.24, 2.45) is 29.6 Å². The number of hydrogen-bond acceptors (Lipinski definition) is 2. The second kappa shape index (κ2) is 5.13. The summed E-state index contributed by atoms with van der Waals surface area (Å²) in [5, 5.41) is 5.26. The molecule has 0 spiro atoms. The lowest BCUT2D eigenvalue weighted by Gasteiger charge is -2.53. The van der Waals surface area contributed by atoms with E-state index in [4.69, 9.17) is 0 Å². The first kappa shape index (κ1) is 13.3. The fraction of sp³-hybridized carbons (Fsp3) is 0.688. The monoisotopic (exact) mass is 353 g/mol. The fourth-order valence-electron chi connectivity index (χ4n) is 5.09. The van der Waals surface area contributed by atoms with Crippen molar-refractivity contribution in [3.05, 3.63) is 20.8 Å². The van der Waals surface area contributed by atoms with E-state index in [0.717, 1.165) is 16.3 Å². The molecule has 1 N–H and O–H groups in total. The molecule has 4 fully saturated rings. The SMILES string of the molecule is O=C(NCc1cc(Br)cs1)C1C2CC3CC(C2)CC1C3. The van der Waals surface area contributed by atoms with E-state index in [1.807, 2.05) is 0 Å². The molecule has 4 aliphatic carbocycles. The zero-order valence-corrected chi connectivity index (χ0v) is 13.9. The van der Waals surface area contributed by atoms with Crippen LogP contribution in [0, 0.1) is 29.6 Å². The van der Waals surface area contributed by atoms with Crippen molar-refractivity contribution in [2.45, 2.75) is 38.6 Å². The highest BCUT2D eigenvalue weighted by Crippen LogP contribution is 2.56. The van der Waals surface area contributed by atoms with Crippen LogP contribution in [0.4, 0.5) is 0 Å². The Morgan fingerprint density at radius 2 is 1.85 bits per heavy atom. The maximum Gasteiger partial charge on any atom is 0.223 e. The number of thiophene rings is 1. The summed E-state index contributed by atoms with van der Waals surface area (Å²) in [5.74, 6) is 3.88.